The molecule has 3 aromatic rings. The maximum absolute atomic E-state index is 13.9. The lowest BCUT2D eigenvalue weighted by Crippen LogP contribution is -2.47. The highest BCUT2D eigenvalue weighted by Crippen LogP contribution is 2.48. The molecule has 0 saturated carbocycles. The number of allylic oxidation sites excluding steroid dienone is 2. The Labute approximate surface area is 286 Å². The second-order valence-electron chi connectivity index (χ2n) is 12.6. The number of halogens is 8. The second kappa shape index (κ2) is 13.9. The van der Waals surface area contributed by atoms with Crippen molar-refractivity contribution in [2.24, 2.45) is 0 Å². The van der Waals surface area contributed by atoms with Gasteiger partial charge in [0.15, 0.2) is 11.0 Å². The van der Waals surface area contributed by atoms with E-state index in [2.05, 4.69) is 19.6 Å². The first-order valence-electron chi connectivity index (χ1n) is 15.2. The first kappa shape index (κ1) is 38.1. The van der Waals surface area contributed by atoms with E-state index in [-0.39, 0.29) is 25.1 Å². The lowest BCUT2D eigenvalue weighted by molar-refractivity contribution is -0.657. The normalized spacial score (nSPS) is 15.5. The fourth-order valence-electron chi connectivity index (χ4n) is 5.86. The molecule has 0 fully saturated rings. The van der Waals surface area contributed by atoms with E-state index in [1.54, 1.807) is 35.0 Å². The van der Waals surface area contributed by atoms with Crippen LogP contribution in [0.5, 0.6) is 0 Å². The Balaban J connectivity index is 1.88. The first-order chi connectivity index (χ1) is 22.1. The van der Waals surface area contributed by atoms with Crippen LogP contribution in [0.25, 0.3) is 17.1 Å². The van der Waals surface area contributed by atoms with E-state index < -0.39 is 57.5 Å². The molecule has 2 heterocycles. The van der Waals surface area contributed by atoms with Gasteiger partial charge in [0.2, 0.25) is 0 Å². The van der Waals surface area contributed by atoms with Crippen LogP contribution in [0, 0.1) is 0 Å². The number of unbranched alkanes of at least 4 members (excludes halogenated alkanes) is 1. The minimum atomic E-state index is -4.73. The van der Waals surface area contributed by atoms with Crippen LogP contribution in [0.15, 0.2) is 42.2 Å². The van der Waals surface area contributed by atoms with Crippen molar-refractivity contribution in [1.82, 2.24) is 4.57 Å². The van der Waals surface area contributed by atoms with Gasteiger partial charge in [-0.3, -0.25) is 0 Å². The van der Waals surface area contributed by atoms with Gasteiger partial charge in [-0.15, -0.1) is 0 Å². The molecule has 1 aliphatic heterocycles. The fraction of sp³-hybridized carbons (Fsp3) is 0.452. The molecule has 7 nitrogen and oxygen atoms in total. The summed E-state index contributed by atoms with van der Waals surface area (Å²) >= 11 is 12.2. The van der Waals surface area contributed by atoms with Crippen LogP contribution < -0.4 is 14.4 Å². The molecule has 48 heavy (non-hydrogen) atoms. The first-order valence-corrected chi connectivity index (χ1v) is 21.2. The number of alkyl halides is 6. The Bertz CT molecular complexity index is 1870. The quantitative estimate of drug-likeness (QED) is 0.0644. The van der Waals surface area contributed by atoms with E-state index in [1.165, 1.54) is 12.1 Å². The molecule has 2 aromatic carbocycles. The number of rotatable bonds is 11. The molecule has 0 aliphatic carbocycles. The number of benzene rings is 2. The maximum atomic E-state index is 13.9. The zero-order chi connectivity index (χ0) is 36.0. The Hall–Kier alpha value is -2.72. The molecule has 0 atom stereocenters. The predicted molar refractivity (Wildman–Crippen MR) is 179 cm³/mol. The van der Waals surface area contributed by atoms with Crippen LogP contribution in [-0.4, -0.2) is 44.5 Å². The monoisotopic (exact) mass is 756 g/mol. The van der Waals surface area contributed by atoms with Crippen LogP contribution in [0.2, 0.25) is 29.7 Å². The highest BCUT2D eigenvalue weighted by Gasteiger charge is 2.39. The van der Waals surface area contributed by atoms with E-state index in [9.17, 15) is 39.3 Å². The summed E-state index contributed by atoms with van der Waals surface area (Å²) in [6.45, 7) is 10.8. The third kappa shape index (κ3) is 8.34. The topological polar surface area (TPSA) is 72.5 Å². The van der Waals surface area contributed by atoms with Crippen molar-refractivity contribution in [3.05, 3.63) is 69.2 Å². The minimum absolute atomic E-state index is 0.00238. The molecule has 0 spiro atoms. The van der Waals surface area contributed by atoms with Crippen molar-refractivity contribution < 1.29 is 43.9 Å². The van der Waals surface area contributed by atoms with Crippen LogP contribution in [0.1, 0.15) is 43.6 Å². The van der Waals surface area contributed by atoms with Gasteiger partial charge in [0.05, 0.1) is 63.5 Å². The van der Waals surface area contributed by atoms with Gasteiger partial charge in [-0.2, -0.15) is 26.3 Å². The number of aromatic nitrogens is 2. The molecular weight excluding hydrogens is 721 g/mol. The zero-order valence-corrected chi connectivity index (χ0v) is 30.3. The van der Waals surface area contributed by atoms with E-state index in [4.69, 9.17) is 23.2 Å². The molecule has 0 N–H and O–H groups in total. The smallest absolute Gasteiger partial charge is 0.418 e. The summed E-state index contributed by atoms with van der Waals surface area (Å²) in [5.74, 6) is 0.467. The number of hydrogen-bond acceptors (Lipinski definition) is 5. The maximum Gasteiger partial charge on any atom is 0.418 e. The molecule has 1 aliphatic rings. The van der Waals surface area contributed by atoms with Crippen LogP contribution in [-0.2, 0) is 35.2 Å². The summed E-state index contributed by atoms with van der Waals surface area (Å²) in [7, 11) is -6.39. The Morgan fingerprint density at radius 3 is 2.00 bits per heavy atom. The number of anilines is 2. The number of aryl methyl sites for hydroxylation is 1. The van der Waals surface area contributed by atoms with Crippen LogP contribution in [0.3, 0.4) is 0 Å². The second-order valence-corrected chi connectivity index (χ2v) is 20.4. The molecule has 1 aromatic heterocycles. The van der Waals surface area contributed by atoms with Crippen molar-refractivity contribution in [3.8, 4) is 0 Å². The van der Waals surface area contributed by atoms with Gasteiger partial charge in [0.1, 0.15) is 5.82 Å². The molecule has 0 saturated heterocycles. The summed E-state index contributed by atoms with van der Waals surface area (Å²) in [4.78, 5) is 3.38. The van der Waals surface area contributed by atoms with Gasteiger partial charge in [-0.05, 0) is 44.9 Å². The molecular formula is C31H36Cl2F6N4O3SSi. The predicted octanol–water partition coefficient (Wildman–Crippen LogP) is 8.70. The number of fused-ring (bicyclic) bond motifs is 2. The summed E-state index contributed by atoms with van der Waals surface area (Å²) in [6.07, 6.45) is -3.61. The van der Waals surface area contributed by atoms with Crippen molar-refractivity contribution >= 4 is 69.9 Å². The number of hydrogen-bond donors (Lipinski definition) is 0. The van der Waals surface area contributed by atoms with Gasteiger partial charge in [0.25, 0.3) is 5.82 Å². The number of imidazole rings is 1. The lowest BCUT2D eigenvalue weighted by atomic mass is 10.1. The van der Waals surface area contributed by atoms with Gasteiger partial charge in [-0.1, -0.05) is 48.9 Å². The van der Waals surface area contributed by atoms with E-state index >= 15 is 0 Å². The molecule has 0 bridgehead atoms. The Morgan fingerprint density at radius 2 is 1.46 bits per heavy atom. The average Bonchev–Trinajstić information content (AvgIpc) is 3.37. The van der Waals surface area contributed by atoms with Crippen molar-refractivity contribution in [1.29, 1.82) is 0 Å². The third-order valence-electron chi connectivity index (χ3n) is 7.79. The van der Waals surface area contributed by atoms with E-state index in [1.807, 2.05) is 16.1 Å². The fourth-order valence-corrected chi connectivity index (χ4v) is 8.22. The molecule has 0 unspecified atom stereocenters. The lowest BCUT2D eigenvalue weighted by Gasteiger charge is -2.24. The summed E-state index contributed by atoms with van der Waals surface area (Å²) in [5, 5.41) is -0.898. The average molecular weight is 758 g/mol. The zero-order valence-electron chi connectivity index (χ0n) is 26.9. The standard InChI is InChI=1S/C31H36Cl2F6N4O3SSi/c1-6-40-26-17-22(32)20(30(34,35)36)15-24(26)42(13-8-9-14-47(44,45)46)28(40)11-10-12-29-41(7-2)27-18-23(33)21(31(37,38)39)16-25(27)43(29)19-48(3,4)5/h10-12,15-18H,6-9,13-14,19H2,1-5H3. The van der Waals surface area contributed by atoms with Crippen LogP contribution >= 0.6 is 23.2 Å². The minimum Gasteiger partial charge on any atom is -0.748 e. The highest BCUT2D eigenvalue weighted by atomic mass is 35.5. The highest BCUT2D eigenvalue weighted by molar-refractivity contribution is 7.85. The van der Waals surface area contributed by atoms with Crippen molar-refractivity contribution in [2.45, 2.75) is 71.4 Å². The summed E-state index contributed by atoms with van der Waals surface area (Å²) in [5.41, 5.74) is -0.447. The van der Waals surface area contributed by atoms with E-state index in [0.29, 0.717) is 47.6 Å². The van der Waals surface area contributed by atoms with Gasteiger partial charge >= 0.3 is 12.4 Å². The molecule has 264 valence electrons. The SMILES string of the molecule is CCN1/C(=C\C=C\c2n(CC)c3cc(Cl)c(C(F)(F)F)cc3[n+]2C[Si](C)(C)C)N(CCCCS(=O)(=O)[O-])c2cc(C(F)(F)F)c(Cl)cc21. The Morgan fingerprint density at radius 1 is 0.875 bits per heavy atom. The van der Waals surface area contributed by atoms with Gasteiger partial charge in [0, 0.05) is 37.1 Å². The molecule has 0 amide bonds. The van der Waals surface area contributed by atoms with Crippen LogP contribution in [0.4, 0.5) is 37.7 Å². The Kier molecular flexibility index (Phi) is 11.0. The largest absolute Gasteiger partial charge is 0.748 e. The van der Waals surface area contributed by atoms with Crippen molar-refractivity contribution in [2.75, 3.05) is 28.6 Å². The van der Waals surface area contributed by atoms with Gasteiger partial charge < -0.3 is 14.4 Å². The molecule has 0 radical (unpaired) electrons. The van der Waals surface area contributed by atoms with Gasteiger partial charge in [-0.25, -0.2) is 17.6 Å². The molecule has 17 heteroatoms. The molecule has 4 rings (SSSR count). The third-order valence-corrected chi connectivity index (χ3v) is 10.5. The summed E-state index contributed by atoms with van der Waals surface area (Å²) < 4.78 is 120. The summed E-state index contributed by atoms with van der Waals surface area (Å²) in [6, 6.07) is 4.58. The number of nitrogens with zero attached hydrogens (tertiary/aromatic N) is 4. The van der Waals surface area contributed by atoms with Crippen molar-refractivity contribution in [3.63, 3.8) is 0 Å². The van der Waals surface area contributed by atoms with E-state index in [0.717, 1.165) is 12.1 Å².